The molecule has 3 aliphatic rings. The highest BCUT2D eigenvalue weighted by atomic mass is 32.2. The first kappa shape index (κ1) is 15.4. The maximum atomic E-state index is 13.3. The number of hydrogen-bond donors (Lipinski definition) is 0. The Bertz CT molecular complexity index is 693. The Hall–Kier alpha value is -1.15. The van der Waals surface area contributed by atoms with Crippen LogP contribution in [0.2, 0.25) is 0 Å². The number of rotatable bonds is 2. The first-order chi connectivity index (χ1) is 11.2. The lowest BCUT2D eigenvalue weighted by Crippen LogP contribution is -2.22. The minimum atomic E-state index is -0.966. The molecular weight excluding hydrogens is 300 g/mol. The van der Waals surface area contributed by atoms with Crippen LogP contribution in [0.1, 0.15) is 63.4 Å². The van der Waals surface area contributed by atoms with Gasteiger partial charge in [0.25, 0.3) is 0 Å². The zero-order valence-corrected chi connectivity index (χ0v) is 14.9. The van der Waals surface area contributed by atoms with E-state index in [0.29, 0.717) is 5.92 Å². The Balaban J connectivity index is 1.76. The average molecular weight is 327 g/mol. The van der Waals surface area contributed by atoms with Gasteiger partial charge in [-0.05, 0) is 87.5 Å². The van der Waals surface area contributed by atoms with Crippen LogP contribution in [0.5, 0.6) is 0 Å². The van der Waals surface area contributed by atoms with Crippen LogP contribution in [0.4, 0.5) is 0 Å². The molecule has 0 saturated heterocycles. The maximum Gasteiger partial charge on any atom is 0.0811 e. The molecule has 0 radical (unpaired) electrons. The van der Waals surface area contributed by atoms with Crippen LogP contribution in [0.25, 0.3) is 0 Å². The largest absolute Gasteiger partial charge is 0.249 e. The van der Waals surface area contributed by atoms with Crippen LogP contribution < -0.4 is 0 Å². The van der Waals surface area contributed by atoms with E-state index in [2.05, 4.69) is 31.2 Å². The fourth-order valence-corrected chi connectivity index (χ4v) is 6.08. The lowest BCUT2D eigenvalue weighted by molar-refractivity contribution is 0.434. The zero-order valence-electron chi connectivity index (χ0n) is 14.1. The van der Waals surface area contributed by atoms with E-state index < -0.39 is 10.8 Å². The van der Waals surface area contributed by atoms with E-state index in [0.717, 1.165) is 17.7 Å². The molecule has 23 heavy (non-hydrogen) atoms. The van der Waals surface area contributed by atoms with E-state index in [1.165, 1.54) is 61.0 Å². The van der Waals surface area contributed by atoms with E-state index >= 15 is 0 Å². The number of aryl methyl sites for hydroxylation is 1. The van der Waals surface area contributed by atoms with Gasteiger partial charge in [-0.2, -0.15) is 0 Å². The van der Waals surface area contributed by atoms with Gasteiger partial charge in [0.05, 0.1) is 10.8 Å². The number of benzene rings is 1. The molecule has 1 nitrogen and oxygen atoms in total. The fourth-order valence-electron chi connectivity index (χ4n) is 4.61. The Morgan fingerprint density at radius 2 is 1.61 bits per heavy atom. The van der Waals surface area contributed by atoms with Crippen LogP contribution in [0.3, 0.4) is 0 Å². The molecule has 4 rings (SSSR count). The summed E-state index contributed by atoms with van der Waals surface area (Å²) in [7, 11) is -0.966. The highest BCUT2D eigenvalue weighted by molar-refractivity contribution is 7.89. The van der Waals surface area contributed by atoms with Crippen molar-refractivity contribution in [2.24, 2.45) is 5.92 Å². The minimum Gasteiger partial charge on any atom is -0.249 e. The highest BCUT2D eigenvalue weighted by Crippen LogP contribution is 2.48. The summed E-state index contributed by atoms with van der Waals surface area (Å²) in [6, 6.07) is 8.29. The van der Waals surface area contributed by atoms with Crippen molar-refractivity contribution in [3.8, 4) is 0 Å². The van der Waals surface area contributed by atoms with Gasteiger partial charge in [-0.3, -0.25) is 0 Å². The summed E-state index contributed by atoms with van der Waals surface area (Å²) in [6.07, 6.45) is 11.3. The summed E-state index contributed by atoms with van der Waals surface area (Å²) in [5.41, 5.74) is 6.10. The van der Waals surface area contributed by atoms with Crippen molar-refractivity contribution in [2.45, 2.75) is 69.6 Å². The van der Waals surface area contributed by atoms with Gasteiger partial charge in [0, 0.05) is 9.80 Å². The lowest BCUT2D eigenvalue weighted by Gasteiger charge is -2.37. The quantitative estimate of drug-likeness (QED) is 0.669. The molecule has 1 aromatic carbocycles. The fraction of sp³-hybridized carbons (Fsp3) is 0.524. The molecule has 3 aliphatic carbocycles. The van der Waals surface area contributed by atoms with Crippen LogP contribution in [0.15, 0.2) is 50.8 Å². The van der Waals surface area contributed by atoms with E-state index in [4.69, 9.17) is 0 Å². The average Bonchev–Trinajstić information content (AvgIpc) is 2.61. The van der Waals surface area contributed by atoms with Gasteiger partial charge >= 0.3 is 0 Å². The normalized spacial score (nSPS) is 25.9. The second kappa shape index (κ2) is 6.39. The van der Waals surface area contributed by atoms with Crippen molar-refractivity contribution in [3.63, 3.8) is 0 Å². The topological polar surface area (TPSA) is 17.1 Å². The minimum absolute atomic E-state index is 0.685. The van der Waals surface area contributed by atoms with Gasteiger partial charge in [0.15, 0.2) is 0 Å². The van der Waals surface area contributed by atoms with Gasteiger partial charge < -0.3 is 0 Å². The third-order valence-electron chi connectivity index (χ3n) is 5.82. The number of allylic oxidation sites excluding steroid dienone is 4. The summed E-state index contributed by atoms with van der Waals surface area (Å²) in [4.78, 5) is 2.25. The molecule has 0 spiro atoms. The van der Waals surface area contributed by atoms with Crippen molar-refractivity contribution < 1.29 is 4.21 Å². The maximum absolute atomic E-state index is 13.3. The molecule has 1 unspecified atom stereocenters. The Kier molecular flexibility index (Phi) is 4.27. The van der Waals surface area contributed by atoms with Crippen molar-refractivity contribution in [1.29, 1.82) is 0 Å². The standard InChI is InChI=1S/C21H26OS/c1-15-10-12-17(13-11-15)23(22)21-14-16-6-2-3-7-18(16)19-8-4-5-9-20(19)21/h10-13,16H,2-9,14H2,1H3/t16-,23?/m1/s1. The Morgan fingerprint density at radius 1 is 0.913 bits per heavy atom. The highest BCUT2D eigenvalue weighted by Gasteiger charge is 2.33. The molecule has 122 valence electrons. The van der Waals surface area contributed by atoms with E-state index in [1.54, 1.807) is 11.1 Å². The predicted molar refractivity (Wildman–Crippen MR) is 96.7 cm³/mol. The third kappa shape index (κ3) is 2.87. The molecule has 0 bridgehead atoms. The molecule has 0 aromatic heterocycles. The summed E-state index contributed by atoms with van der Waals surface area (Å²) >= 11 is 0. The van der Waals surface area contributed by atoms with Gasteiger partial charge in [-0.1, -0.05) is 29.7 Å². The van der Waals surface area contributed by atoms with Crippen LogP contribution >= 0.6 is 0 Å². The molecule has 1 aromatic rings. The first-order valence-electron chi connectivity index (χ1n) is 9.17. The molecule has 2 fully saturated rings. The van der Waals surface area contributed by atoms with Gasteiger partial charge in [-0.25, -0.2) is 4.21 Å². The second-order valence-corrected chi connectivity index (χ2v) is 8.84. The molecule has 0 heterocycles. The molecule has 0 aliphatic heterocycles. The Labute approximate surface area is 142 Å². The third-order valence-corrected chi connectivity index (χ3v) is 7.39. The smallest absolute Gasteiger partial charge is 0.0811 e. The van der Waals surface area contributed by atoms with Crippen molar-refractivity contribution in [2.75, 3.05) is 0 Å². The van der Waals surface area contributed by atoms with Gasteiger partial charge in [0.2, 0.25) is 0 Å². The van der Waals surface area contributed by atoms with Crippen molar-refractivity contribution >= 4 is 10.8 Å². The molecule has 2 saturated carbocycles. The first-order valence-corrected chi connectivity index (χ1v) is 10.3. The van der Waals surface area contributed by atoms with E-state index in [-0.39, 0.29) is 0 Å². The van der Waals surface area contributed by atoms with Crippen LogP contribution in [-0.2, 0) is 10.8 Å². The molecular formula is C21H26OS. The van der Waals surface area contributed by atoms with Gasteiger partial charge in [-0.15, -0.1) is 0 Å². The molecule has 2 heteroatoms. The summed E-state index contributed by atoms with van der Waals surface area (Å²) in [6.45, 7) is 2.09. The summed E-state index contributed by atoms with van der Waals surface area (Å²) in [5.74, 6) is 0.685. The second-order valence-electron chi connectivity index (χ2n) is 7.34. The summed E-state index contributed by atoms with van der Waals surface area (Å²) in [5, 5.41) is 0. The monoisotopic (exact) mass is 326 g/mol. The number of fused-ring (bicyclic) bond motifs is 2. The van der Waals surface area contributed by atoms with Crippen LogP contribution in [0, 0.1) is 12.8 Å². The zero-order chi connectivity index (χ0) is 15.8. The SMILES string of the molecule is Cc1ccc(S(=O)C2=C3CCCCC3=C3CCCC[C@@H]3C2)cc1. The van der Waals surface area contributed by atoms with E-state index in [1.807, 2.05) is 0 Å². The molecule has 0 amide bonds. The van der Waals surface area contributed by atoms with Crippen LogP contribution in [-0.4, -0.2) is 4.21 Å². The van der Waals surface area contributed by atoms with Gasteiger partial charge in [0.1, 0.15) is 0 Å². The number of hydrogen-bond acceptors (Lipinski definition) is 1. The van der Waals surface area contributed by atoms with Crippen molar-refractivity contribution in [3.05, 3.63) is 51.5 Å². The molecule has 0 N–H and O–H groups in total. The van der Waals surface area contributed by atoms with Crippen molar-refractivity contribution in [1.82, 2.24) is 0 Å². The Morgan fingerprint density at radius 3 is 2.39 bits per heavy atom. The predicted octanol–water partition coefficient (Wildman–Crippen LogP) is 5.82. The molecule has 2 atom stereocenters. The van der Waals surface area contributed by atoms with E-state index in [9.17, 15) is 4.21 Å². The summed E-state index contributed by atoms with van der Waals surface area (Å²) < 4.78 is 13.3. The lowest BCUT2D eigenvalue weighted by atomic mass is 9.71.